The van der Waals surface area contributed by atoms with Crippen LogP contribution in [0.2, 0.25) is 0 Å². The van der Waals surface area contributed by atoms with E-state index in [0.29, 0.717) is 124 Å². The predicted octanol–water partition coefficient (Wildman–Crippen LogP) is 14.5. The summed E-state index contributed by atoms with van der Waals surface area (Å²) in [5.41, 5.74) is 8.01. The second-order valence-electron chi connectivity index (χ2n) is 35.5. The van der Waals surface area contributed by atoms with Crippen LogP contribution in [0.3, 0.4) is 0 Å². The molecule has 740 valence electrons. The number of rotatable bonds is 35. The summed E-state index contributed by atoms with van der Waals surface area (Å²) >= 11 is 0. The first kappa shape index (κ1) is 112. The summed E-state index contributed by atoms with van der Waals surface area (Å²) in [5, 5.41) is 61.3. The average Bonchev–Trinajstić information content (AvgIpc) is 0.819. The van der Waals surface area contributed by atoms with Gasteiger partial charge in [0.15, 0.2) is 40.5 Å². The van der Waals surface area contributed by atoms with E-state index in [4.69, 9.17) is 35.7 Å². The molecular weight excluding hydrogens is 1830 g/mol. The number of hydrogen-bond donors (Lipinski definition) is 7. The van der Waals surface area contributed by atoms with Gasteiger partial charge in [-0.25, -0.2) is 91.7 Å². The fourth-order valence-corrected chi connectivity index (χ4v) is 14.3. The van der Waals surface area contributed by atoms with Crippen molar-refractivity contribution in [2.24, 2.45) is 0 Å². The molecule has 0 amide bonds. The van der Waals surface area contributed by atoms with E-state index in [1.165, 1.54) is 146 Å². The highest BCUT2D eigenvalue weighted by atomic mass is 19.1. The molecule has 6 aromatic carbocycles. The topological polar surface area (TPSA) is 454 Å². The molecule has 0 aliphatic carbocycles. The average molecular weight is 1940 g/mol. The number of Topliss-reactive ketones (excluding diaryl/α,β-unsaturated/α-hetero) is 7. The number of benzene rings is 6. The largest absolute Gasteiger partial charge is 0.388 e. The Morgan fingerprint density at radius 1 is 0.282 bits per heavy atom. The van der Waals surface area contributed by atoms with Crippen molar-refractivity contribution >= 4 is 40.5 Å². The number of ketones is 7. The number of pyridine rings is 1. The molecule has 1 unspecified atom stereocenters. The van der Waals surface area contributed by atoms with Crippen LogP contribution in [0.5, 0.6) is 0 Å². The van der Waals surface area contributed by atoms with Crippen molar-refractivity contribution in [2.75, 3.05) is 46.2 Å². The van der Waals surface area contributed by atoms with Crippen LogP contribution in [0.25, 0.3) is 0 Å². The lowest BCUT2D eigenvalue weighted by atomic mass is 9.79. The lowest BCUT2D eigenvalue weighted by molar-refractivity contribution is 0.0897. The lowest BCUT2D eigenvalue weighted by Gasteiger charge is -2.26. The second kappa shape index (κ2) is 55.2. The maximum Gasteiger partial charge on any atom is 0.191 e. The van der Waals surface area contributed by atoms with E-state index in [1.807, 2.05) is 97.0 Å². The lowest BCUT2D eigenvalue weighted by Crippen LogP contribution is -2.23. The van der Waals surface area contributed by atoms with Crippen molar-refractivity contribution in [3.63, 3.8) is 0 Å². The first-order valence-corrected chi connectivity index (χ1v) is 45.1. The smallest absolute Gasteiger partial charge is 0.191 e. The first-order valence-electron chi connectivity index (χ1n) is 45.1. The SMILES string of the molecule is CC(C)(Cc1ncc(C(=O)CO)cn1)c1ccc(F)cc1.CC(C)(Cc1ncc(C(=O)CO)cn1)c1ccc(F)cc1F.CC(C)(Cc1ncc(C(=O)CO)cn1)c1ccccc1F.CC(Cc1ncc(C(=O)CO)cn1)c1ccccc1.C[C@@H](Cc1ncc(C(=O)CO)cn1)c1ccccc1.Cc1cc(F)ccc1C(C)(C)Cc1ncc(C(=O)CO)cn1.O=C(CO)c1cnc(CCc2ccncc2)nc1. The molecule has 2 atom stereocenters. The molecule has 0 saturated carbocycles. The molecule has 0 aliphatic heterocycles. The number of aromatic nitrogens is 15. The van der Waals surface area contributed by atoms with E-state index in [-0.39, 0.29) is 56.8 Å². The van der Waals surface area contributed by atoms with Gasteiger partial charge in [-0.05, 0) is 140 Å². The molecule has 0 spiro atoms. The minimum absolute atomic E-state index is 0.219. The third-order valence-corrected chi connectivity index (χ3v) is 22.5. The molecule has 14 aromatic rings. The predicted molar refractivity (Wildman–Crippen MR) is 520 cm³/mol. The van der Waals surface area contributed by atoms with E-state index >= 15 is 0 Å². The summed E-state index contributed by atoms with van der Waals surface area (Å²) in [6, 6.07) is 45.4. The van der Waals surface area contributed by atoms with E-state index in [0.717, 1.165) is 42.0 Å². The van der Waals surface area contributed by atoms with Crippen molar-refractivity contribution in [1.82, 2.24) is 74.8 Å². The zero-order valence-electron chi connectivity index (χ0n) is 80.6. The van der Waals surface area contributed by atoms with Crippen molar-refractivity contribution in [3.05, 3.63) is 410 Å². The Labute approximate surface area is 819 Å². The van der Waals surface area contributed by atoms with Crippen LogP contribution in [0.4, 0.5) is 22.0 Å². The molecule has 8 heterocycles. The fourth-order valence-electron chi connectivity index (χ4n) is 14.3. The van der Waals surface area contributed by atoms with Gasteiger partial charge in [0.1, 0.15) is 116 Å². The molecule has 0 fully saturated rings. The minimum Gasteiger partial charge on any atom is -0.388 e. The molecular formula is C108H114F5N15O14. The Kier molecular flexibility index (Phi) is 43.7. The van der Waals surface area contributed by atoms with Crippen LogP contribution in [0.1, 0.15) is 239 Å². The molecule has 0 saturated heterocycles. The zero-order chi connectivity index (χ0) is 104. The molecule has 8 aromatic heterocycles. The van der Waals surface area contributed by atoms with Gasteiger partial charge in [-0.1, -0.05) is 172 Å². The molecule has 0 bridgehead atoms. The number of halogens is 5. The fraction of sp³-hybridized carbons (Fsp3) is 0.296. The number of nitrogens with zero attached hydrogens (tertiary/aromatic N) is 15. The van der Waals surface area contributed by atoms with Gasteiger partial charge >= 0.3 is 0 Å². The number of hydrogen-bond acceptors (Lipinski definition) is 29. The number of aliphatic hydroxyl groups excluding tert-OH is 7. The summed E-state index contributed by atoms with van der Waals surface area (Å²) in [6.07, 6.45) is 28.3. The van der Waals surface area contributed by atoms with Gasteiger partial charge in [0.25, 0.3) is 0 Å². The highest BCUT2D eigenvalue weighted by Gasteiger charge is 2.30. The van der Waals surface area contributed by atoms with Crippen LogP contribution in [0, 0.1) is 36.0 Å². The molecule has 14 rings (SSSR count). The quantitative estimate of drug-likeness (QED) is 0.0143. The van der Waals surface area contributed by atoms with Gasteiger partial charge in [0.2, 0.25) is 0 Å². The van der Waals surface area contributed by atoms with Crippen LogP contribution in [-0.2, 0) is 73.0 Å². The molecule has 0 radical (unpaired) electrons. The zero-order valence-corrected chi connectivity index (χ0v) is 80.6. The second-order valence-corrected chi connectivity index (χ2v) is 35.5. The van der Waals surface area contributed by atoms with Gasteiger partial charge in [-0.15, -0.1) is 0 Å². The summed E-state index contributed by atoms with van der Waals surface area (Å²) < 4.78 is 67.0. The van der Waals surface area contributed by atoms with Crippen molar-refractivity contribution in [1.29, 1.82) is 0 Å². The van der Waals surface area contributed by atoms with E-state index in [9.17, 15) is 55.5 Å². The molecule has 142 heavy (non-hydrogen) atoms. The molecule has 7 N–H and O–H groups in total. The Hall–Kier alpha value is -14.9. The minimum atomic E-state index is -0.639. The van der Waals surface area contributed by atoms with E-state index in [1.54, 1.807) is 62.6 Å². The summed E-state index contributed by atoms with van der Waals surface area (Å²) in [5.74, 6) is 0.0951. The van der Waals surface area contributed by atoms with Crippen LogP contribution >= 0.6 is 0 Å². The Balaban J connectivity index is 0.000000203. The Bertz CT molecular complexity index is 6170. The highest BCUT2D eigenvalue weighted by Crippen LogP contribution is 2.34. The normalized spacial score (nSPS) is 11.5. The maximum atomic E-state index is 13.9. The summed E-state index contributed by atoms with van der Waals surface area (Å²) in [4.78, 5) is 141. The van der Waals surface area contributed by atoms with Gasteiger partial charge < -0.3 is 35.7 Å². The molecule has 34 heteroatoms. The van der Waals surface area contributed by atoms with Crippen LogP contribution < -0.4 is 0 Å². The Morgan fingerprint density at radius 2 is 0.549 bits per heavy atom. The first-order chi connectivity index (χ1) is 67.7. The van der Waals surface area contributed by atoms with E-state index in [2.05, 4.69) is 113 Å². The summed E-state index contributed by atoms with van der Waals surface area (Å²) in [7, 11) is 0. The number of aryl methyl sites for hydroxylation is 3. The molecule has 29 nitrogen and oxygen atoms in total. The standard InChI is InChI=1S/C17H19FN2O2.C16H16F2N2O2.2C16H17FN2O2.2C15H16N2O2.C13H13N3O2/c1-11-6-13(18)4-5-14(11)17(2,3)7-16-19-8-12(9-20-16)15(22)10-21;1-16(2,12-4-3-11(17)5-13(12)18)6-15-19-7-10(8-20-15)14(22)9-21;1-16(2,12-3-5-13(17)6-4-12)7-15-18-8-11(9-19-15)14(21)10-20;1-16(2,12-5-3-4-6-13(12)17)7-15-18-8-11(9-19-15)14(21)10-20;2*1-11(12-5-3-2-4-6-12)7-15-16-8-13(9-17-15)14(19)10-18;17-9-12(18)11-7-15-13(16-8-11)2-1-10-3-5-14-6-4-10/h4-6,8-9,21H,7,10H2,1-3H3;3-5,7-8,21H,6,9H2,1-2H3;2*3-6,8-9,20H,7,10H2,1-2H3;2*2-6,8-9,11,18H,7,10H2,1H3;3-8,17H,1-2,9H2/t;;;;11-;;/m....0../s1. The van der Waals surface area contributed by atoms with Crippen molar-refractivity contribution in [3.8, 4) is 0 Å². The Morgan fingerprint density at radius 3 is 0.859 bits per heavy atom. The highest BCUT2D eigenvalue weighted by molar-refractivity contribution is 5.99. The monoisotopic (exact) mass is 1940 g/mol. The van der Waals surface area contributed by atoms with Gasteiger partial charge in [-0.2, -0.15) is 0 Å². The number of carbonyl (C=O) groups excluding carboxylic acids is 7. The third kappa shape index (κ3) is 35.5. The number of carbonyl (C=O) groups is 7. The summed E-state index contributed by atoms with van der Waals surface area (Å²) in [6.45, 7) is 17.9. The van der Waals surface area contributed by atoms with E-state index < -0.39 is 91.8 Å². The van der Waals surface area contributed by atoms with Gasteiger partial charge in [0, 0.05) is 150 Å². The van der Waals surface area contributed by atoms with Crippen molar-refractivity contribution < 1.29 is 91.3 Å². The molecule has 0 aliphatic rings. The van der Waals surface area contributed by atoms with Gasteiger partial charge in [-0.3, -0.25) is 38.5 Å². The van der Waals surface area contributed by atoms with Crippen LogP contribution in [-0.4, -0.2) is 197 Å². The van der Waals surface area contributed by atoms with Crippen LogP contribution in [0.15, 0.2) is 257 Å². The van der Waals surface area contributed by atoms with Gasteiger partial charge in [0.05, 0.1) is 38.9 Å². The van der Waals surface area contributed by atoms with Crippen molar-refractivity contribution in [2.45, 2.75) is 161 Å². The number of aliphatic hydroxyl groups is 7. The third-order valence-electron chi connectivity index (χ3n) is 22.5. The maximum absolute atomic E-state index is 13.9.